The summed E-state index contributed by atoms with van der Waals surface area (Å²) in [5.41, 5.74) is 2.07. The standard InChI is InChI=1S/C17H17NO3/c1-12-5-6-14(17(10-12)21-2)16(20)8-7-15(19)13-4-3-9-18-11-13/h3-6,9-11H,7-8H2,1-2H3. The summed E-state index contributed by atoms with van der Waals surface area (Å²) < 4.78 is 5.22. The van der Waals surface area contributed by atoms with Gasteiger partial charge in [0.1, 0.15) is 5.75 Å². The smallest absolute Gasteiger partial charge is 0.167 e. The zero-order valence-electron chi connectivity index (χ0n) is 12.1. The van der Waals surface area contributed by atoms with Gasteiger partial charge in [0.15, 0.2) is 11.6 Å². The van der Waals surface area contributed by atoms with Crippen molar-refractivity contribution in [3.63, 3.8) is 0 Å². The van der Waals surface area contributed by atoms with E-state index >= 15 is 0 Å². The number of pyridine rings is 1. The molecule has 0 bridgehead atoms. The second-order valence-electron chi connectivity index (χ2n) is 4.79. The van der Waals surface area contributed by atoms with Crippen LogP contribution in [0.2, 0.25) is 0 Å². The van der Waals surface area contributed by atoms with Crippen molar-refractivity contribution in [3.8, 4) is 5.75 Å². The van der Waals surface area contributed by atoms with Crippen molar-refractivity contribution in [2.24, 2.45) is 0 Å². The maximum absolute atomic E-state index is 12.2. The van der Waals surface area contributed by atoms with Crippen LogP contribution in [0.4, 0.5) is 0 Å². The monoisotopic (exact) mass is 283 g/mol. The highest BCUT2D eigenvalue weighted by Crippen LogP contribution is 2.22. The fourth-order valence-corrected chi connectivity index (χ4v) is 2.06. The molecule has 1 aromatic carbocycles. The molecule has 108 valence electrons. The van der Waals surface area contributed by atoms with Gasteiger partial charge in [0.25, 0.3) is 0 Å². The predicted octanol–water partition coefficient (Wildman–Crippen LogP) is 3.24. The van der Waals surface area contributed by atoms with Gasteiger partial charge in [-0.1, -0.05) is 6.07 Å². The molecule has 0 radical (unpaired) electrons. The topological polar surface area (TPSA) is 56.3 Å². The van der Waals surface area contributed by atoms with Crippen molar-refractivity contribution < 1.29 is 14.3 Å². The third-order valence-corrected chi connectivity index (χ3v) is 3.22. The van der Waals surface area contributed by atoms with E-state index in [0.717, 1.165) is 5.56 Å². The van der Waals surface area contributed by atoms with Crippen molar-refractivity contribution in [2.45, 2.75) is 19.8 Å². The third kappa shape index (κ3) is 3.75. The summed E-state index contributed by atoms with van der Waals surface area (Å²) in [6, 6.07) is 8.82. The second-order valence-corrected chi connectivity index (χ2v) is 4.79. The van der Waals surface area contributed by atoms with E-state index in [0.29, 0.717) is 16.9 Å². The van der Waals surface area contributed by atoms with E-state index in [1.807, 2.05) is 19.1 Å². The molecule has 21 heavy (non-hydrogen) atoms. The Hall–Kier alpha value is -2.49. The van der Waals surface area contributed by atoms with E-state index < -0.39 is 0 Å². The lowest BCUT2D eigenvalue weighted by Gasteiger charge is -2.08. The number of hydrogen-bond donors (Lipinski definition) is 0. The number of hydrogen-bond acceptors (Lipinski definition) is 4. The van der Waals surface area contributed by atoms with Gasteiger partial charge in [-0.15, -0.1) is 0 Å². The minimum Gasteiger partial charge on any atom is -0.496 e. The molecule has 1 aromatic heterocycles. The molecule has 1 heterocycles. The Morgan fingerprint density at radius 2 is 1.90 bits per heavy atom. The average Bonchev–Trinajstić information content (AvgIpc) is 2.52. The summed E-state index contributed by atoms with van der Waals surface area (Å²) in [4.78, 5) is 28.1. The molecule has 0 spiro atoms. The second kappa shape index (κ2) is 6.79. The number of ketones is 2. The number of aryl methyl sites for hydroxylation is 1. The molecule has 2 rings (SSSR count). The van der Waals surface area contributed by atoms with Gasteiger partial charge in [-0.05, 0) is 36.8 Å². The molecule has 0 aliphatic carbocycles. The summed E-state index contributed by atoms with van der Waals surface area (Å²) in [6.07, 6.45) is 3.45. The Morgan fingerprint density at radius 1 is 1.14 bits per heavy atom. The van der Waals surface area contributed by atoms with Crippen molar-refractivity contribution in [3.05, 3.63) is 59.4 Å². The number of Topliss-reactive ketones (excluding diaryl/α,β-unsaturated/α-hetero) is 2. The van der Waals surface area contributed by atoms with E-state index in [1.165, 1.54) is 13.3 Å². The number of rotatable bonds is 6. The van der Waals surface area contributed by atoms with Crippen LogP contribution in [0, 0.1) is 6.92 Å². The largest absolute Gasteiger partial charge is 0.496 e. The molecule has 0 atom stereocenters. The van der Waals surface area contributed by atoms with Crippen LogP contribution >= 0.6 is 0 Å². The van der Waals surface area contributed by atoms with Crippen molar-refractivity contribution in [1.29, 1.82) is 0 Å². The van der Waals surface area contributed by atoms with Crippen LogP contribution in [0.3, 0.4) is 0 Å². The average molecular weight is 283 g/mol. The molecule has 0 aliphatic rings. The van der Waals surface area contributed by atoms with Gasteiger partial charge >= 0.3 is 0 Å². The predicted molar refractivity (Wildman–Crippen MR) is 79.9 cm³/mol. The molecular formula is C17H17NO3. The SMILES string of the molecule is COc1cc(C)ccc1C(=O)CCC(=O)c1cccnc1. The number of aromatic nitrogens is 1. The molecule has 4 heteroatoms. The normalized spacial score (nSPS) is 10.2. The molecule has 0 aliphatic heterocycles. The summed E-state index contributed by atoms with van der Waals surface area (Å²) in [6.45, 7) is 1.93. The molecule has 0 amide bonds. The molecule has 0 unspecified atom stereocenters. The zero-order chi connectivity index (χ0) is 15.2. The maximum atomic E-state index is 12.2. The number of benzene rings is 1. The highest BCUT2D eigenvalue weighted by Gasteiger charge is 2.14. The third-order valence-electron chi connectivity index (χ3n) is 3.22. The fraction of sp³-hybridized carbons (Fsp3) is 0.235. The first-order chi connectivity index (χ1) is 10.1. The highest BCUT2D eigenvalue weighted by molar-refractivity contribution is 6.03. The maximum Gasteiger partial charge on any atom is 0.167 e. The number of carbonyl (C=O) groups is 2. The van der Waals surface area contributed by atoms with E-state index in [1.54, 1.807) is 24.4 Å². The van der Waals surface area contributed by atoms with Gasteiger partial charge in [-0.25, -0.2) is 0 Å². The quantitative estimate of drug-likeness (QED) is 0.764. The summed E-state index contributed by atoms with van der Waals surface area (Å²) in [5, 5.41) is 0. The van der Waals surface area contributed by atoms with Crippen molar-refractivity contribution in [1.82, 2.24) is 4.98 Å². The van der Waals surface area contributed by atoms with E-state index in [9.17, 15) is 9.59 Å². The van der Waals surface area contributed by atoms with Crippen LogP contribution in [0.25, 0.3) is 0 Å². The lowest BCUT2D eigenvalue weighted by Crippen LogP contribution is -2.07. The van der Waals surface area contributed by atoms with E-state index in [4.69, 9.17) is 4.74 Å². The first kappa shape index (κ1) is 14.9. The number of methoxy groups -OCH3 is 1. The van der Waals surface area contributed by atoms with E-state index in [-0.39, 0.29) is 24.4 Å². The zero-order valence-corrected chi connectivity index (χ0v) is 12.1. The highest BCUT2D eigenvalue weighted by atomic mass is 16.5. The minimum absolute atomic E-state index is 0.0810. The molecule has 0 N–H and O–H groups in total. The van der Waals surface area contributed by atoms with Gasteiger partial charge in [0.2, 0.25) is 0 Å². The Morgan fingerprint density at radius 3 is 2.57 bits per heavy atom. The first-order valence-corrected chi connectivity index (χ1v) is 6.73. The summed E-state index contributed by atoms with van der Waals surface area (Å²) >= 11 is 0. The lowest BCUT2D eigenvalue weighted by atomic mass is 10.0. The summed E-state index contributed by atoms with van der Waals surface area (Å²) in [7, 11) is 1.53. The number of carbonyl (C=O) groups excluding carboxylic acids is 2. The van der Waals surface area contributed by atoms with Gasteiger partial charge in [-0.3, -0.25) is 14.6 Å². The lowest BCUT2D eigenvalue weighted by molar-refractivity contribution is 0.0915. The van der Waals surface area contributed by atoms with Gasteiger partial charge in [0.05, 0.1) is 12.7 Å². The van der Waals surface area contributed by atoms with Crippen molar-refractivity contribution >= 4 is 11.6 Å². The van der Waals surface area contributed by atoms with Gasteiger partial charge in [0, 0.05) is 30.8 Å². The fourth-order valence-electron chi connectivity index (χ4n) is 2.06. The van der Waals surface area contributed by atoms with Gasteiger partial charge < -0.3 is 4.74 Å². The van der Waals surface area contributed by atoms with Crippen molar-refractivity contribution in [2.75, 3.05) is 7.11 Å². The molecule has 0 saturated heterocycles. The Labute approximate surface area is 123 Å². The Kier molecular flexibility index (Phi) is 4.82. The summed E-state index contributed by atoms with van der Waals surface area (Å²) in [5.74, 6) is 0.375. The minimum atomic E-state index is -0.0934. The van der Waals surface area contributed by atoms with Gasteiger partial charge in [-0.2, -0.15) is 0 Å². The molecule has 0 saturated carbocycles. The van der Waals surface area contributed by atoms with Crippen LogP contribution in [-0.2, 0) is 0 Å². The van der Waals surface area contributed by atoms with Crippen LogP contribution in [0.5, 0.6) is 5.75 Å². The molecule has 2 aromatic rings. The Bertz CT molecular complexity index is 650. The molecule has 0 fully saturated rings. The van der Waals surface area contributed by atoms with E-state index in [2.05, 4.69) is 4.98 Å². The van der Waals surface area contributed by atoms with Crippen LogP contribution < -0.4 is 4.74 Å². The van der Waals surface area contributed by atoms with Crippen LogP contribution in [-0.4, -0.2) is 23.7 Å². The van der Waals surface area contributed by atoms with Crippen LogP contribution in [0.15, 0.2) is 42.7 Å². The molecular weight excluding hydrogens is 266 g/mol. The van der Waals surface area contributed by atoms with Crippen LogP contribution in [0.1, 0.15) is 39.1 Å². The number of nitrogens with zero attached hydrogens (tertiary/aromatic N) is 1. The first-order valence-electron chi connectivity index (χ1n) is 6.73. The molecule has 4 nitrogen and oxygen atoms in total. The number of ether oxygens (including phenoxy) is 1. The Balaban J connectivity index is 2.04.